The molecular formula is C14H12O. The monoisotopic (exact) mass is 196 g/mol. The molecule has 1 N–H and O–H groups in total. The summed E-state index contributed by atoms with van der Waals surface area (Å²) in [5.41, 5.74) is 1.83. The largest absolute Gasteiger partial charge is 0.507 e. The standard InChI is InChI=1S/C14H12O/c15-14(13-9-5-2-6-10-13)11-12-7-3-1-4-8-12/h1-11,15H/b14-11+. The highest BCUT2D eigenvalue weighted by atomic mass is 16.3. The molecule has 0 aliphatic carbocycles. The summed E-state index contributed by atoms with van der Waals surface area (Å²) in [6.07, 6.45) is 1.76. The van der Waals surface area contributed by atoms with E-state index >= 15 is 0 Å². The Labute approximate surface area is 89.3 Å². The normalized spacial score (nSPS) is 11.3. The topological polar surface area (TPSA) is 20.2 Å². The maximum atomic E-state index is 9.84. The lowest BCUT2D eigenvalue weighted by molar-refractivity contribution is 0.515. The first-order valence-corrected chi connectivity index (χ1v) is 4.87. The number of aliphatic hydroxyl groups excluding tert-OH is 1. The second-order valence-corrected chi connectivity index (χ2v) is 3.31. The summed E-state index contributed by atoms with van der Waals surface area (Å²) in [4.78, 5) is 0. The fraction of sp³-hybridized carbons (Fsp3) is 0. The fourth-order valence-corrected chi connectivity index (χ4v) is 1.40. The molecule has 0 atom stereocenters. The molecule has 0 aliphatic heterocycles. The highest BCUT2D eigenvalue weighted by Crippen LogP contribution is 2.14. The second-order valence-electron chi connectivity index (χ2n) is 3.31. The molecule has 2 aromatic rings. The molecule has 0 saturated heterocycles. The maximum Gasteiger partial charge on any atom is 0.123 e. The summed E-state index contributed by atoms with van der Waals surface area (Å²) >= 11 is 0. The summed E-state index contributed by atoms with van der Waals surface area (Å²) in [5, 5.41) is 9.84. The van der Waals surface area contributed by atoms with Crippen LogP contribution in [-0.4, -0.2) is 5.11 Å². The molecule has 0 heterocycles. The number of hydrogen-bond donors (Lipinski definition) is 1. The van der Waals surface area contributed by atoms with Crippen molar-refractivity contribution in [2.24, 2.45) is 0 Å². The Morgan fingerprint density at radius 1 is 0.800 bits per heavy atom. The van der Waals surface area contributed by atoms with Crippen molar-refractivity contribution in [2.45, 2.75) is 0 Å². The summed E-state index contributed by atoms with van der Waals surface area (Å²) in [5.74, 6) is 0.293. The van der Waals surface area contributed by atoms with Gasteiger partial charge in [-0.25, -0.2) is 0 Å². The Hall–Kier alpha value is -2.02. The average Bonchev–Trinajstić information content (AvgIpc) is 2.31. The summed E-state index contributed by atoms with van der Waals surface area (Å²) in [7, 11) is 0. The molecule has 1 nitrogen and oxygen atoms in total. The van der Waals surface area contributed by atoms with Crippen molar-refractivity contribution in [3.05, 3.63) is 71.8 Å². The average molecular weight is 196 g/mol. The van der Waals surface area contributed by atoms with E-state index in [1.807, 2.05) is 60.7 Å². The van der Waals surface area contributed by atoms with E-state index in [-0.39, 0.29) is 0 Å². The lowest BCUT2D eigenvalue weighted by Crippen LogP contribution is -1.81. The van der Waals surface area contributed by atoms with Gasteiger partial charge in [0, 0.05) is 5.56 Å². The van der Waals surface area contributed by atoms with Crippen molar-refractivity contribution in [1.82, 2.24) is 0 Å². The Morgan fingerprint density at radius 3 is 1.93 bits per heavy atom. The smallest absolute Gasteiger partial charge is 0.123 e. The van der Waals surface area contributed by atoms with Crippen LogP contribution in [0.2, 0.25) is 0 Å². The quantitative estimate of drug-likeness (QED) is 0.573. The molecule has 2 rings (SSSR count). The number of benzene rings is 2. The van der Waals surface area contributed by atoms with Crippen molar-refractivity contribution < 1.29 is 5.11 Å². The van der Waals surface area contributed by atoms with E-state index in [0.29, 0.717) is 5.76 Å². The van der Waals surface area contributed by atoms with E-state index in [0.717, 1.165) is 11.1 Å². The number of rotatable bonds is 2. The van der Waals surface area contributed by atoms with E-state index in [1.165, 1.54) is 0 Å². The third kappa shape index (κ3) is 2.47. The molecule has 0 radical (unpaired) electrons. The van der Waals surface area contributed by atoms with Crippen molar-refractivity contribution >= 4 is 11.8 Å². The molecule has 74 valence electrons. The molecule has 0 aliphatic rings. The van der Waals surface area contributed by atoms with Crippen molar-refractivity contribution in [1.29, 1.82) is 0 Å². The minimum absolute atomic E-state index is 0.293. The van der Waals surface area contributed by atoms with Crippen LogP contribution in [0.4, 0.5) is 0 Å². The first kappa shape index (κ1) is 9.53. The maximum absolute atomic E-state index is 9.84. The molecule has 0 aromatic heterocycles. The summed E-state index contributed by atoms with van der Waals surface area (Å²) in [6, 6.07) is 19.3. The Balaban J connectivity index is 2.29. The van der Waals surface area contributed by atoms with Gasteiger partial charge in [0.25, 0.3) is 0 Å². The third-order valence-electron chi connectivity index (χ3n) is 2.17. The van der Waals surface area contributed by atoms with E-state index in [1.54, 1.807) is 6.08 Å². The molecule has 0 bridgehead atoms. The van der Waals surface area contributed by atoms with Gasteiger partial charge in [-0.3, -0.25) is 0 Å². The van der Waals surface area contributed by atoms with Crippen LogP contribution in [0.5, 0.6) is 0 Å². The molecular weight excluding hydrogens is 184 g/mol. The van der Waals surface area contributed by atoms with Gasteiger partial charge in [-0.2, -0.15) is 0 Å². The van der Waals surface area contributed by atoms with Gasteiger partial charge < -0.3 is 5.11 Å². The SMILES string of the molecule is O/C(=C/c1ccccc1)c1ccccc1. The van der Waals surface area contributed by atoms with Crippen LogP contribution in [0.25, 0.3) is 11.8 Å². The second kappa shape index (κ2) is 4.47. The molecule has 0 spiro atoms. The molecule has 15 heavy (non-hydrogen) atoms. The van der Waals surface area contributed by atoms with Gasteiger partial charge in [-0.05, 0) is 11.6 Å². The van der Waals surface area contributed by atoms with E-state index in [2.05, 4.69) is 0 Å². The molecule has 0 saturated carbocycles. The van der Waals surface area contributed by atoms with Crippen LogP contribution in [0.15, 0.2) is 60.7 Å². The minimum atomic E-state index is 0.293. The van der Waals surface area contributed by atoms with Crippen molar-refractivity contribution in [3.8, 4) is 0 Å². The zero-order chi connectivity index (χ0) is 10.5. The number of aliphatic hydroxyl groups is 1. The summed E-state index contributed by atoms with van der Waals surface area (Å²) in [6.45, 7) is 0. The zero-order valence-electron chi connectivity index (χ0n) is 8.30. The summed E-state index contributed by atoms with van der Waals surface area (Å²) < 4.78 is 0. The van der Waals surface area contributed by atoms with Gasteiger partial charge in [0.1, 0.15) is 5.76 Å². The predicted octanol–water partition coefficient (Wildman–Crippen LogP) is 3.74. The first-order valence-electron chi connectivity index (χ1n) is 4.87. The van der Waals surface area contributed by atoms with E-state index in [9.17, 15) is 5.11 Å². The van der Waals surface area contributed by atoms with Crippen LogP contribution >= 0.6 is 0 Å². The van der Waals surface area contributed by atoms with Crippen LogP contribution in [0, 0.1) is 0 Å². The lowest BCUT2D eigenvalue weighted by Gasteiger charge is -1.99. The van der Waals surface area contributed by atoms with Crippen molar-refractivity contribution in [2.75, 3.05) is 0 Å². The molecule has 2 aromatic carbocycles. The predicted molar refractivity (Wildman–Crippen MR) is 63.4 cm³/mol. The van der Waals surface area contributed by atoms with Crippen LogP contribution in [-0.2, 0) is 0 Å². The van der Waals surface area contributed by atoms with Crippen molar-refractivity contribution in [3.63, 3.8) is 0 Å². The minimum Gasteiger partial charge on any atom is -0.507 e. The third-order valence-corrected chi connectivity index (χ3v) is 2.17. The zero-order valence-corrected chi connectivity index (χ0v) is 8.30. The highest BCUT2D eigenvalue weighted by Gasteiger charge is 1.96. The van der Waals surface area contributed by atoms with Gasteiger partial charge in [0.15, 0.2) is 0 Å². The first-order chi connectivity index (χ1) is 7.36. The number of hydrogen-bond acceptors (Lipinski definition) is 1. The van der Waals surface area contributed by atoms with E-state index < -0.39 is 0 Å². The van der Waals surface area contributed by atoms with E-state index in [4.69, 9.17) is 0 Å². The molecule has 1 heteroatoms. The van der Waals surface area contributed by atoms with Gasteiger partial charge in [-0.1, -0.05) is 60.7 Å². The Kier molecular flexibility index (Phi) is 2.84. The van der Waals surface area contributed by atoms with Crippen LogP contribution < -0.4 is 0 Å². The Bertz CT molecular complexity index is 443. The van der Waals surface area contributed by atoms with Gasteiger partial charge in [-0.15, -0.1) is 0 Å². The van der Waals surface area contributed by atoms with Gasteiger partial charge >= 0.3 is 0 Å². The van der Waals surface area contributed by atoms with Gasteiger partial charge in [0.05, 0.1) is 0 Å². The van der Waals surface area contributed by atoms with Gasteiger partial charge in [0.2, 0.25) is 0 Å². The van der Waals surface area contributed by atoms with Crippen LogP contribution in [0.3, 0.4) is 0 Å². The van der Waals surface area contributed by atoms with Crippen LogP contribution in [0.1, 0.15) is 11.1 Å². The molecule has 0 fully saturated rings. The molecule has 0 amide bonds. The molecule has 0 unspecified atom stereocenters. The highest BCUT2D eigenvalue weighted by molar-refractivity contribution is 5.76. The fourth-order valence-electron chi connectivity index (χ4n) is 1.40. The lowest BCUT2D eigenvalue weighted by atomic mass is 10.1. The Morgan fingerprint density at radius 2 is 1.33 bits per heavy atom.